The second kappa shape index (κ2) is 6.09. The first-order valence-electron chi connectivity index (χ1n) is 5.27. The normalized spacial score (nSPS) is 11.7. The Hall–Kier alpha value is -0.980. The van der Waals surface area contributed by atoms with Crippen LogP contribution in [0.5, 0.6) is 0 Å². The molecule has 0 atom stereocenters. The van der Waals surface area contributed by atoms with Crippen molar-refractivity contribution in [1.29, 1.82) is 0 Å². The molecule has 0 aromatic heterocycles. The molecule has 0 amide bonds. The van der Waals surface area contributed by atoms with Crippen LogP contribution in [0.1, 0.15) is 17.5 Å². The second-order valence-corrected chi connectivity index (χ2v) is 5.45. The molecule has 0 radical (unpaired) electrons. The summed E-state index contributed by atoms with van der Waals surface area (Å²) >= 11 is 0. The molecule has 1 aromatic rings. The molecule has 0 spiro atoms. The average molecular weight is 261 g/mol. The smallest absolute Gasteiger partial charge is 0.240 e. The quantitative estimate of drug-likeness (QED) is 0.754. The minimum Gasteiger partial charge on any atom is -0.392 e. The number of halogens is 1. The Labute approximate surface area is 101 Å². The Morgan fingerprint density at radius 2 is 2.12 bits per heavy atom. The predicted molar refractivity (Wildman–Crippen MR) is 62.9 cm³/mol. The fraction of sp³-hybridized carbons (Fsp3) is 0.455. The van der Waals surface area contributed by atoms with Crippen LogP contribution in [0.3, 0.4) is 0 Å². The van der Waals surface area contributed by atoms with Gasteiger partial charge >= 0.3 is 0 Å². The molecular weight excluding hydrogens is 245 g/mol. The number of aliphatic hydroxyl groups excluding tert-OH is 1. The van der Waals surface area contributed by atoms with Crippen LogP contribution in [0.2, 0.25) is 0 Å². The van der Waals surface area contributed by atoms with E-state index < -0.39 is 16.7 Å². The van der Waals surface area contributed by atoms with E-state index in [2.05, 4.69) is 4.72 Å². The summed E-state index contributed by atoms with van der Waals surface area (Å²) in [5, 5.41) is 9.06. The van der Waals surface area contributed by atoms with Gasteiger partial charge in [-0.1, -0.05) is 6.07 Å². The molecule has 1 rings (SSSR count). The third-order valence-electron chi connectivity index (χ3n) is 2.40. The van der Waals surface area contributed by atoms with E-state index in [1.54, 1.807) is 13.0 Å². The van der Waals surface area contributed by atoms with Crippen molar-refractivity contribution in [3.8, 4) is 0 Å². The van der Waals surface area contributed by atoms with E-state index in [0.29, 0.717) is 5.56 Å². The lowest BCUT2D eigenvalue weighted by atomic mass is 10.1. The van der Waals surface area contributed by atoms with Gasteiger partial charge in [0.15, 0.2) is 0 Å². The van der Waals surface area contributed by atoms with Crippen LogP contribution in [0, 0.1) is 6.92 Å². The van der Waals surface area contributed by atoms with Crippen LogP contribution in [0.25, 0.3) is 0 Å². The molecule has 2 N–H and O–H groups in total. The van der Waals surface area contributed by atoms with Gasteiger partial charge < -0.3 is 5.11 Å². The van der Waals surface area contributed by atoms with Crippen molar-refractivity contribution in [2.45, 2.75) is 24.8 Å². The van der Waals surface area contributed by atoms with E-state index in [9.17, 15) is 12.8 Å². The Morgan fingerprint density at radius 3 is 2.71 bits per heavy atom. The van der Waals surface area contributed by atoms with Crippen molar-refractivity contribution in [3.63, 3.8) is 0 Å². The first-order valence-corrected chi connectivity index (χ1v) is 6.75. The number of hydrogen-bond acceptors (Lipinski definition) is 3. The SMILES string of the molecule is Cc1ccc(S(=O)(=O)NCCCF)cc1CO. The number of aliphatic hydroxyl groups is 1. The monoisotopic (exact) mass is 261 g/mol. The average Bonchev–Trinajstić information content (AvgIpc) is 2.29. The van der Waals surface area contributed by atoms with E-state index in [-0.39, 0.29) is 24.5 Å². The largest absolute Gasteiger partial charge is 0.392 e. The van der Waals surface area contributed by atoms with Crippen LogP contribution in [-0.2, 0) is 16.6 Å². The van der Waals surface area contributed by atoms with Gasteiger partial charge in [0.05, 0.1) is 18.2 Å². The molecule has 0 saturated carbocycles. The van der Waals surface area contributed by atoms with Crippen molar-refractivity contribution in [1.82, 2.24) is 4.72 Å². The Kier molecular flexibility index (Phi) is 5.04. The number of alkyl halides is 1. The van der Waals surface area contributed by atoms with E-state index in [4.69, 9.17) is 5.11 Å². The highest BCUT2D eigenvalue weighted by atomic mass is 32.2. The molecule has 0 aliphatic rings. The fourth-order valence-electron chi connectivity index (χ4n) is 1.34. The molecule has 1 aromatic carbocycles. The van der Waals surface area contributed by atoms with Crippen molar-refractivity contribution in [2.75, 3.05) is 13.2 Å². The topological polar surface area (TPSA) is 66.4 Å². The van der Waals surface area contributed by atoms with Gasteiger partial charge in [-0.25, -0.2) is 13.1 Å². The number of nitrogens with one attached hydrogen (secondary N) is 1. The minimum absolute atomic E-state index is 0.0706. The van der Waals surface area contributed by atoms with E-state index >= 15 is 0 Å². The van der Waals surface area contributed by atoms with Crippen LogP contribution in [0.4, 0.5) is 4.39 Å². The summed E-state index contributed by atoms with van der Waals surface area (Å²) in [6, 6.07) is 4.52. The van der Waals surface area contributed by atoms with E-state index in [0.717, 1.165) is 5.56 Å². The lowest BCUT2D eigenvalue weighted by Crippen LogP contribution is -2.25. The molecule has 4 nitrogen and oxygen atoms in total. The fourth-order valence-corrected chi connectivity index (χ4v) is 2.47. The molecule has 0 aliphatic heterocycles. The molecule has 17 heavy (non-hydrogen) atoms. The number of rotatable bonds is 6. The van der Waals surface area contributed by atoms with Crippen LogP contribution in [-0.4, -0.2) is 26.7 Å². The molecule has 0 saturated heterocycles. The summed E-state index contributed by atoms with van der Waals surface area (Å²) < 4.78 is 37.7. The molecule has 0 bridgehead atoms. The van der Waals surface area contributed by atoms with Crippen LogP contribution < -0.4 is 4.72 Å². The number of aryl methyl sites for hydroxylation is 1. The predicted octanol–water partition coefficient (Wildman–Crippen LogP) is 1.13. The summed E-state index contributed by atoms with van der Waals surface area (Å²) in [7, 11) is -3.61. The van der Waals surface area contributed by atoms with E-state index in [1.807, 2.05) is 0 Å². The van der Waals surface area contributed by atoms with E-state index in [1.165, 1.54) is 12.1 Å². The van der Waals surface area contributed by atoms with Gasteiger partial charge in [-0.05, 0) is 36.6 Å². The number of hydrogen-bond donors (Lipinski definition) is 2. The van der Waals surface area contributed by atoms with Crippen LogP contribution in [0.15, 0.2) is 23.1 Å². The van der Waals surface area contributed by atoms with Gasteiger partial charge in [0.25, 0.3) is 0 Å². The summed E-state index contributed by atoms with van der Waals surface area (Å²) in [6.45, 7) is 1.09. The Balaban J connectivity index is 2.91. The first kappa shape index (κ1) is 14.1. The third kappa shape index (κ3) is 3.76. The Bertz CT molecular complexity index is 474. The van der Waals surface area contributed by atoms with Crippen LogP contribution >= 0.6 is 0 Å². The molecule has 0 aliphatic carbocycles. The molecule has 0 heterocycles. The lowest BCUT2D eigenvalue weighted by Gasteiger charge is -2.08. The van der Waals surface area contributed by atoms with Gasteiger partial charge in [0, 0.05) is 6.54 Å². The minimum atomic E-state index is -3.61. The highest BCUT2D eigenvalue weighted by molar-refractivity contribution is 7.89. The molecule has 96 valence electrons. The Morgan fingerprint density at radius 1 is 1.41 bits per heavy atom. The maximum atomic E-state index is 11.9. The summed E-state index contributed by atoms with van der Waals surface area (Å²) in [5.41, 5.74) is 1.40. The standard InChI is InChI=1S/C11H16FNO3S/c1-9-3-4-11(7-10(9)8-14)17(15,16)13-6-2-5-12/h3-4,7,13-14H,2,5-6,8H2,1H3. The number of sulfonamides is 1. The van der Waals surface area contributed by atoms with Crippen molar-refractivity contribution in [2.24, 2.45) is 0 Å². The summed E-state index contributed by atoms with van der Waals surface area (Å²) in [4.78, 5) is 0.0889. The summed E-state index contributed by atoms with van der Waals surface area (Å²) in [5.74, 6) is 0. The molecule has 6 heteroatoms. The lowest BCUT2D eigenvalue weighted by molar-refractivity contribution is 0.280. The maximum Gasteiger partial charge on any atom is 0.240 e. The zero-order valence-electron chi connectivity index (χ0n) is 9.61. The van der Waals surface area contributed by atoms with Crippen molar-refractivity contribution >= 4 is 10.0 Å². The number of benzene rings is 1. The van der Waals surface area contributed by atoms with Gasteiger partial charge in [-0.15, -0.1) is 0 Å². The van der Waals surface area contributed by atoms with Crippen molar-refractivity contribution < 1.29 is 17.9 Å². The van der Waals surface area contributed by atoms with Gasteiger partial charge in [-0.3, -0.25) is 4.39 Å². The van der Waals surface area contributed by atoms with Gasteiger partial charge in [-0.2, -0.15) is 0 Å². The maximum absolute atomic E-state index is 11.9. The van der Waals surface area contributed by atoms with Crippen molar-refractivity contribution in [3.05, 3.63) is 29.3 Å². The second-order valence-electron chi connectivity index (χ2n) is 3.69. The summed E-state index contributed by atoms with van der Waals surface area (Å²) in [6.07, 6.45) is 0.151. The molecule has 0 fully saturated rings. The van der Waals surface area contributed by atoms with Gasteiger partial charge in [0.1, 0.15) is 0 Å². The van der Waals surface area contributed by atoms with Gasteiger partial charge in [0.2, 0.25) is 10.0 Å². The molecule has 0 unspecified atom stereocenters. The molecular formula is C11H16FNO3S. The zero-order valence-corrected chi connectivity index (χ0v) is 10.4. The highest BCUT2D eigenvalue weighted by Gasteiger charge is 2.14. The highest BCUT2D eigenvalue weighted by Crippen LogP contribution is 2.15. The zero-order chi connectivity index (χ0) is 12.9. The third-order valence-corrected chi connectivity index (χ3v) is 3.86. The first-order chi connectivity index (χ1) is 8.01.